The number of anilines is 1. The van der Waals surface area contributed by atoms with Gasteiger partial charge in [-0.15, -0.1) is 0 Å². The van der Waals surface area contributed by atoms with E-state index in [-0.39, 0.29) is 6.54 Å². The molecule has 0 aromatic heterocycles. The van der Waals surface area contributed by atoms with E-state index in [1.807, 2.05) is 63.3 Å². The maximum Gasteiger partial charge on any atom is 0.139 e. The summed E-state index contributed by atoms with van der Waals surface area (Å²) in [5, 5.41) is 16.7. The lowest BCUT2D eigenvalue weighted by atomic mass is 9.92. The maximum atomic E-state index is 10.5. The van der Waals surface area contributed by atoms with Gasteiger partial charge < -0.3 is 15.2 Å². The average molecular weight is 314 g/mol. The number of nitrogens with one attached hydrogen (secondary N) is 2. The molecule has 0 aliphatic rings. The molecular weight excluding hydrogens is 288 g/mol. The molecule has 0 aliphatic carbocycles. The molecule has 23 heavy (non-hydrogen) atoms. The molecule has 0 saturated heterocycles. The topological polar surface area (TPSA) is 61.4 Å². The number of hydrogen-bond acceptors (Lipinski definition) is 4. The Bertz CT molecular complexity index is 589. The molecule has 0 saturated carbocycles. The van der Waals surface area contributed by atoms with Crippen LogP contribution < -0.4 is 10.6 Å². The van der Waals surface area contributed by atoms with Crippen LogP contribution in [0.25, 0.3) is 0 Å². The van der Waals surface area contributed by atoms with Crippen LogP contribution >= 0.6 is 0 Å². The summed E-state index contributed by atoms with van der Waals surface area (Å²) in [5.74, 6) is 0. The lowest BCUT2D eigenvalue weighted by Gasteiger charge is -2.31. The monoisotopic (exact) mass is 314 g/mol. The van der Waals surface area contributed by atoms with Gasteiger partial charge in [0.25, 0.3) is 0 Å². The van der Waals surface area contributed by atoms with E-state index in [9.17, 15) is 9.90 Å². The molecule has 0 radical (unpaired) electrons. The summed E-state index contributed by atoms with van der Waals surface area (Å²) in [7, 11) is 0. The molecule has 0 fully saturated rings. The molecule has 4 nitrogen and oxygen atoms in total. The Morgan fingerprint density at radius 2 is 2.17 bits per heavy atom. The number of carbonyl (C=O) groups excluding carboxylic acids is 1. The zero-order valence-corrected chi connectivity index (χ0v) is 14.0. The van der Waals surface area contributed by atoms with Crippen molar-refractivity contribution in [3.8, 4) is 0 Å². The van der Waals surface area contributed by atoms with Gasteiger partial charge in [0.05, 0.1) is 6.54 Å². The predicted octanol–water partition coefficient (Wildman–Crippen LogP) is 3.35. The average Bonchev–Trinajstić information content (AvgIpc) is 2.53. The number of carbonyl (C=O) groups is 1. The van der Waals surface area contributed by atoms with E-state index < -0.39 is 11.8 Å². The minimum Gasteiger partial charge on any atom is -0.378 e. The van der Waals surface area contributed by atoms with Gasteiger partial charge in [0.15, 0.2) is 0 Å². The van der Waals surface area contributed by atoms with Gasteiger partial charge >= 0.3 is 0 Å². The molecular formula is C19H26N2O2. The van der Waals surface area contributed by atoms with Crippen LogP contribution in [-0.2, 0) is 4.79 Å². The minimum absolute atomic E-state index is 0.241. The number of hydrogen-bond donors (Lipinski definition) is 3. The summed E-state index contributed by atoms with van der Waals surface area (Å²) >= 11 is 0. The standard InChI is InChI=1S/C19H26N2O2/c1-5-7-10-16(6-2)19(3,4)21-18(23)15-9-8-11-17(14-15)20-12-13-22/h5-11,13-14,18,20-21,23H,2,12H2,1,3-4H3/b7-5-,16-10+. The van der Waals surface area contributed by atoms with Crippen LogP contribution in [0.5, 0.6) is 0 Å². The fraction of sp³-hybridized carbons (Fsp3) is 0.316. The second-order valence-electron chi connectivity index (χ2n) is 5.70. The van der Waals surface area contributed by atoms with Crippen molar-refractivity contribution in [2.45, 2.75) is 32.5 Å². The zero-order valence-electron chi connectivity index (χ0n) is 14.0. The summed E-state index contributed by atoms with van der Waals surface area (Å²) < 4.78 is 0. The van der Waals surface area contributed by atoms with E-state index in [1.54, 1.807) is 6.08 Å². The van der Waals surface area contributed by atoms with Gasteiger partial charge in [-0.1, -0.05) is 43.0 Å². The first-order valence-electron chi connectivity index (χ1n) is 7.63. The summed E-state index contributed by atoms with van der Waals surface area (Å²) in [5.41, 5.74) is 2.04. The molecule has 0 spiro atoms. The smallest absolute Gasteiger partial charge is 0.139 e. The second kappa shape index (κ2) is 9.08. The van der Waals surface area contributed by atoms with Crippen LogP contribution in [0.3, 0.4) is 0 Å². The largest absolute Gasteiger partial charge is 0.378 e. The summed E-state index contributed by atoms with van der Waals surface area (Å²) in [6.07, 6.45) is 7.59. The Morgan fingerprint density at radius 1 is 1.43 bits per heavy atom. The highest BCUT2D eigenvalue weighted by Gasteiger charge is 2.24. The van der Waals surface area contributed by atoms with Crippen LogP contribution in [-0.4, -0.2) is 23.5 Å². The maximum absolute atomic E-state index is 10.5. The van der Waals surface area contributed by atoms with E-state index >= 15 is 0 Å². The minimum atomic E-state index is -0.836. The highest BCUT2D eigenvalue weighted by molar-refractivity contribution is 5.59. The van der Waals surface area contributed by atoms with Crippen molar-refractivity contribution in [2.24, 2.45) is 0 Å². The van der Waals surface area contributed by atoms with Crippen LogP contribution in [0.1, 0.15) is 32.6 Å². The first-order valence-corrected chi connectivity index (χ1v) is 7.63. The first-order chi connectivity index (χ1) is 10.9. The van der Waals surface area contributed by atoms with Crippen LogP contribution in [0.2, 0.25) is 0 Å². The zero-order chi connectivity index (χ0) is 17.3. The van der Waals surface area contributed by atoms with Crippen molar-refractivity contribution in [1.82, 2.24) is 5.32 Å². The molecule has 1 aromatic rings. The van der Waals surface area contributed by atoms with Gasteiger partial charge in [0, 0.05) is 11.2 Å². The highest BCUT2D eigenvalue weighted by Crippen LogP contribution is 2.23. The van der Waals surface area contributed by atoms with Crippen LogP contribution in [0, 0.1) is 0 Å². The van der Waals surface area contributed by atoms with Crippen molar-refractivity contribution in [1.29, 1.82) is 0 Å². The molecule has 0 bridgehead atoms. The molecule has 0 heterocycles. The molecule has 124 valence electrons. The molecule has 4 heteroatoms. The third-order valence-corrected chi connectivity index (χ3v) is 3.50. The van der Waals surface area contributed by atoms with Crippen molar-refractivity contribution in [3.05, 3.63) is 66.3 Å². The predicted molar refractivity (Wildman–Crippen MR) is 96.3 cm³/mol. The molecule has 3 N–H and O–H groups in total. The quantitative estimate of drug-likeness (QED) is 0.372. The van der Waals surface area contributed by atoms with Gasteiger partial charge in [0.2, 0.25) is 0 Å². The Morgan fingerprint density at radius 3 is 2.78 bits per heavy atom. The summed E-state index contributed by atoms with van der Waals surface area (Å²) in [4.78, 5) is 10.4. The normalized spacial score (nSPS) is 13.8. The Labute approximate surface area is 138 Å². The molecule has 1 unspecified atom stereocenters. The number of aldehydes is 1. The fourth-order valence-corrected chi connectivity index (χ4v) is 2.22. The highest BCUT2D eigenvalue weighted by atomic mass is 16.3. The Kier molecular flexibility index (Phi) is 7.45. The number of aliphatic hydroxyl groups excluding tert-OH is 1. The number of rotatable bonds is 9. The van der Waals surface area contributed by atoms with E-state index in [4.69, 9.17) is 0 Å². The molecule has 1 aromatic carbocycles. The molecule has 0 amide bonds. The van der Waals surface area contributed by atoms with E-state index in [0.29, 0.717) is 0 Å². The molecule has 0 aliphatic heterocycles. The van der Waals surface area contributed by atoms with Gasteiger partial charge in [-0.25, -0.2) is 0 Å². The Balaban J connectivity index is 2.90. The van der Waals surface area contributed by atoms with Crippen molar-refractivity contribution < 1.29 is 9.90 Å². The van der Waals surface area contributed by atoms with Gasteiger partial charge in [-0.3, -0.25) is 5.32 Å². The fourth-order valence-electron chi connectivity index (χ4n) is 2.22. The summed E-state index contributed by atoms with van der Waals surface area (Å²) in [6, 6.07) is 7.35. The number of benzene rings is 1. The molecule has 1 atom stereocenters. The van der Waals surface area contributed by atoms with E-state index in [1.165, 1.54) is 0 Å². The molecule has 1 rings (SSSR count). The lowest BCUT2D eigenvalue weighted by Crippen LogP contribution is -2.43. The van der Waals surface area contributed by atoms with Crippen molar-refractivity contribution >= 4 is 12.0 Å². The van der Waals surface area contributed by atoms with Crippen molar-refractivity contribution in [2.75, 3.05) is 11.9 Å². The summed E-state index contributed by atoms with van der Waals surface area (Å²) in [6.45, 7) is 10.0. The van der Waals surface area contributed by atoms with Crippen molar-refractivity contribution in [3.63, 3.8) is 0 Å². The van der Waals surface area contributed by atoms with Crippen LogP contribution in [0.4, 0.5) is 5.69 Å². The number of aliphatic hydroxyl groups is 1. The van der Waals surface area contributed by atoms with Gasteiger partial charge in [0.1, 0.15) is 12.5 Å². The van der Waals surface area contributed by atoms with E-state index in [2.05, 4.69) is 17.2 Å². The third-order valence-electron chi connectivity index (χ3n) is 3.50. The van der Waals surface area contributed by atoms with Gasteiger partial charge in [-0.2, -0.15) is 0 Å². The lowest BCUT2D eigenvalue weighted by molar-refractivity contribution is -0.106. The first kappa shape index (κ1) is 18.9. The van der Waals surface area contributed by atoms with Gasteiger partial charge in [-0.05, 0) is 44.0 Å². The van der Waals surface area contributed by atoms with E-state index in [0.717, 1.165) is 23.1 Å². The van der Waals surface area contributed by atoms with Crippen LogP contribution in [0.15, 0.2) is 60.7 Å². The third kappa shape index (κ3) is 5.85. The number of allylic oxidation sites excluding steroid dienone is 3. The second-order valence-corrected chi connectivity index (χ2v) is 5.70. The Hall–Kier alpha value is -2.17. The SMILES string of the molecule is C=C/C(=C\C=C/C)C(C)(C)NC(O)c1cccc(NCC=O)c1.